The average Bonchev–Trinajstić information content (AvgIpc) is 3.23. The zero-order valence-corrected chi connectivity index (χ0v) is 16.8. The van der Waals surface area contributed by atoms with E-state index < -0.39 is 17.8 Å². The number of ether oxygens (including phenoxy) is 2. The van der Waals surface area contributed by atoms with Gasteiger partial charge in [-0.2, -0.15) is 0 Å². The molecule has 0 spiro atoms. The van der Waals surface area contributed by atoms with Gasteiger partial charge in [-0.25, -0.2) is 4.79 Å². The fraction of sp³-hybridized carbons (Fsp3) is 0.227. The van der Waals surface area contributed by atoms with Crippen LogP contribution in [0.4, 0.5) is 4.79 Å². The van der Waals surface area contributed by atoms with Gasteiger partial charge in [0.25, 0.3) is 11.8 Å². The lowest BCUT2D eigenvalue weighted by molar-refractivity contribution is -0.130. The highest BCUT2D eigenvalue weighted by Gasteiger charge is 2.36. The molecule has 1 aromatic heterocycles. The number of methoxy groups -OCH3 is 1. The fourth-order valence-electron chi connectivity index (χ4n) is 3.10. The van der Waals surface area contributed by atoms with Crippen LogP contribution in [0.1, 0.15) is 23.8 Å². The fourth-order valence-corrected chi connectivity index (χ4v) is 3.10. The molecule has 1 N–H and O–H groups in total. The summed E-state index contributed by atoms with van der Waals surface area (Å²) in [6.45, 7) is 5.98. The van der Waals surface area contributed by atoms with E-state index in [1.807, 2.05) is 6.92 Å². The summed E-state index contributed by atoms with van der Waals surface area (Å²) in [6, 6.07) is 5.94. The third-order valence-electron chi connectivity index (χ3n) is 4.42. The van der Waals surface area contributed by atoms with E-state index in [2.05, 4.69) is 11.9 Å². The van der Waals surface area contributed by atoms with E-state index in [9.17, 15) is 14.4 Å². The molecule has 156 valence electrons. The molecule has 1 saturated heterocycles. The van der Waals surface area contributed by atoms with Gasteiger partial charge >= 0.3 is 6.03 Å². The first kappa shape index (κ1) is 20.9. The van der Waals surface area contributed by atoms with E-state index in [1.165, 1.54) is 19.4 Å². The van der Waals surface area contributed by atoms with Crippen molar-refractivity contribution < 1.29 is 28.3 Å². The number of carbonyl (C=O) groups is 3. The largest absolute Gasteiger partial charge is 0.493 e. The Labute approximate surface area is 173 Å². The van der Waals surface area contributed by atoms with Gasteiger partial charge in [0.05, 0.1) is 26.5 Å². The summed E-state index contributed by atoms with van der Waals surface area (Å²) in [5.74, 6) is -0.00775. The Morgan fingerprint density at radius 2 is 2.07 bits per heavy atom. The van der Waals surface area contributed by atoms with Crippen molar-refractivity contribution in [2.24, 2.45) is 0 Å². The maximum absolute atomic E-state index is 12.9. The smallest absolute Gasteiger partial charge is 0.331 e. The molecule has 1 fully saturated rings. The molecule has 1 aliphatic rings. The van der Waals surface area contributed by atoms with Crippen molar-refractivity contribution in [1.82, 2.24) is 10.2 Å². The molecule has 0 bridgehead atoms. The van der Waals surface area contributed by atoms with Crippen LogP contribution in [0, 0.1) is 0 Å². The minimum absolute atomic E-state index is 0.0867. The number of imide groups is 2. The van der Waals surface area contributed by atoms with Crippen molar-refractivity contribution in [1.29, 1.82) is 0 Å². The number of allylic oxidation sites excluding steroid dienone is 1. The number of hydrogen-bond acceptors (Lipinski definition) is 6. The van der Waals surface area contributed by atoms with Gasteiger partial charge in [-0.3, -0.25) is 19.8 Å². The number of amides is 4. The van der Waals surface area contributed by atoms with Crippen molar-refractivity contribution in [3.8, 4) is 11.5 Å². The third kappa shape index (κ3) is 4.27. The number of hydrogen-bond donors (Lipinski definition) is 1. The van der Waals surface area contributed by atoms with Gasteiger partial charge in [-0.05, 0) is 49.2 Å². The lowest BCUT2D eigenvalue weighted by Crippen LogP contribution is -2.53. The number of benzene rings is 1. The number of urea groups is 1. The Morgan fingerprint density at radius 3 is 2.70 bits per heavy atom. The van der Waals surface area contributed by atoms with Gasteiger partial charge in [-0.15, -0.1) is 6.58 Å². The number of nitrogens with one attached hydrogen (secondary N) is 1. The van der Waals surface area contributed by atoms with Crippen molar-refractivity contribution in [3.05, 3.63) is 65.6 Å². The van der Waals surface area contributed by atoms with Crippen molar-refractivity contribution in [3.63, 3.8) is 0 Å². The highest BCUT2D eigenvalue weighted by atomic mass is 16.5. The molecular weight excluding hydrogens is 388 g/mol. The standard InChI is InChI=1S/C22H22N2O6/c1-4-7-15-10-14(12-18(28-3)19(15)29-5-2)11-17-20(25)23-22(27)24(21(17)26)13-16-8-6-9-30-16/h4,6,8-12H,1,5,7,13H2,2-3H3,(H,23,25,27). The van der Waals surface area contributed by atoms with Crippen LogP contribution in [0.15, 0.2) is 53.2 Å². The molecule has 0 unspecified atom stereocenters. The Kier molecular flexibility index (Phi) is 6.36. The van der Waals surface area contributed by atoms with Crippen LogP contribution in [0.2, 0.25) is 0 Å². The second-order valence-corrected chi connectivity index (χ2v) is 6.43. The van der Waals surface area contributed by atoms with Crippen LogP contribution in [0.5, 0.6) is 11.5 Å². The maximum Gasteiger partial charge on any atom is 0.331 e. The minimum atomic E-state index is -0.796. The van der Waals surface area contributed by atoms with Gasteiger partial charge < -0.3 is 13.9 Å². The maximum atomic E-state index is 12.9. The molecule has 0 radical (unpaired) electrons. The summed E-state index contributed by atoms with van der Waals surface area (Å²) in [5.41, 5.74) is 1.18. The molecule has 8 heteroatoms. The number of furan rings is 1. The minimum Gasteiger partial charge on any atom is -0.493 e. The summed E-state index contributed by atoms with van der Waals surface area (Å²) >= 11 is 0. The lowest BCUT2D eigenvalue weighted by atomic mass is 10.0. The highest BCUT2D eigenvalue weighted by Crippen LogP contribution is 2.34. The third-order valence-corrected chi connectivity index (χ3v) is 4.42. The van der Waals surface area contributed by atoms with Gasteiger partial charge in [0.2, 0.25) is 0 Å². The predicted molar refractivity (Wildman–Crippen MR) is 109 cm³/mol. The summed E-state index contributed by atoms with van der Waals surface area (Å²) in [5, 5.41) is 2.19. The molecule has 1 aromatic carbocycles. The number of barbiturate groups is 1. The van der Waals surface area contributed by atoms with Gasteiger partial charge in [0.15, 0.2) is 11.5 Å². The molecular formula is C22H22N2O6. The highest BCUT2D eigenvalue weighted by molar-refractivity contribution is 6.30. The number of rotatable bonds is 8. The SMILES string of the molecule is C=CCc1cc(C=C2C(=O)NC(=O)N(Cc3ccco3)C2=O)cc(OC)c1OCC. The van der Waals surface area contributed by atoms with E-state index in [-0.39, 0.29) is 12.1 Å². The normalized spacial score (nSPS) is 15.3. The Hall–Kier alpha value is -3.81. The molecule has 8 nitrogen and oxygen atoms in total. The van der Waals surface area contributed by atoms with E-state index >= 15 is 0 Å². The van der Waals surface area contributed by atoms with E-state index in [0.717, 1.165) is 10.5 Å². The summed E-state index contributed by atoms with van der Waals surface area (Å²) in [6.07, 6.45) is 5.09. The molecule has 2 heterocycles. The van der Waals surface area contributed by atoms with E-state index in [4.69, 9.17) is 13.9 Å². The molecule has 30 heavy (non-hydrogen) atoms. The second kappa shape index (κ2) is 9.13. The molecule has 4 amide bonds. The first-order chi connectivity index (χ1) is 14.5. The van der Waals surface area contributed by atoms with Crippen LogP contribution in [-0.4, -0.2) is 36.5 Å². The molecule has 0 saturated carbocycles. The van der Waals surface area contributed by atoms with Gasteiger partial charge in [0.1, 0.15) is 11.3 Å². The number of nitrogens with zero attached hydrogens (tertiary/aromatic N) is 1. The van der Waals surface area contributed by atoms with Crippen molar-refractivity contribution in [2.45, 2.75) is 19.9 Å². The molecule has 0 aliphatic carbocycles. The number of carbonyl (C=O) groups excluding carboxylic acids is 3. The Bertz CT molecular complexity index is 1010. The van der Waals surface area contributed by atoms with Crippen LogP contribution in [-0.2, 0) is 22.6 Å². The topological polar surface area (TPSA) is 98.1 Å². The quantitative estimate of drug-likeness (QED) is 0.408. The van der Waals surface area contributed by atoms with E-state index in [0.29, 0.717) is 35.9 Å². The first-order valence-corrected chi connectivity index (χ1v) is 9.34. The van der Waals surface area contributed by atoms with Crippen molar-refractivity contribution in [2.75, 3.05) is 13.7 Å². The second-order valence-electron chi connectivity index (χ2n) is 6.43. The zero-order chi connectivity index (χ0) is 21.7. The Morgan fingerprint density at radius 1 is 1.27 bits per heavy atom. The average molecular weight is 410 g/mol. The monoisotopic (exact) mass is 410 g/mol. The summed E-state index contributed by atoms with van der Waals surface area (Å²) in [4.78, 5) is 38.3. The zero-order valence-electron chi connectivity index (χ0n) is 16.8. The van der Waals surface area contributed by atoms with Gasteiger partial charge in [-0.1, -0.05) is 6.08 Å². The first-order valence-electron chi connectivity index (χ1n) is 9.34. The van der Waals surface area contributed by atoms with Crippen LogP contribution in [0.25, 0.3) is 6.08 Å². The summed E-state index contributed by atoms with van der Waals surface area (Å²) < 4.78 is 16.3. The molecule has 1 aliphatic heterocycles. The van der Waals surface area contributed by atoms with Gasteiger partial charge in [0, 0.05) is 5.56 Å². The molecule has 3 rings (SSSR count). The predicted octanol–water partition coefficient (Wildman–Crippen LogP) is 3.08. The van der Waals surface area contributed by atoms with Crippen LogP contribution >= 0.6 is 0 Å². The Balaban J connectivity index is 2.00. The van der Waals surface area contributed by atoms with E-state index in [1.54, 1.807) is 30.3 Å². The summed E-state index contributed by atoms with van der Waals surface area (Å²) in [7, 11) is 1.51. The molecule has 2 aromatic rings. The molecule has 0 atom stereocenters. The van der Waals surface area contributed by atoms with Crippen molar-refractivity contribution >= 4 is 23.9 Å². The lowest BCUT2D eigenvalue weighted by Gasteiger charge is -2.25. The van der Waals surface area contributed by atoms with Crippen LogP contribution < -0.4 is 14.8 Å². The van der Waals surface area contributed by atoms with Crippen LogP contribution in [0.3, 0.4) is 0 Å².